The Balaban J connectivity index is 1.53. The third-order valence-corrected chi connectivity index (χ3v) is 4.14. The minimum Gasteiger partial charge on any atom is -0.467 e. The van der Waals surface area contributed by atoms with E-state index in [0.29, 0.717) is 6.54 Å². The Morgan fingerprint density at radius 3 is 3.08 bits per heavy atom. The molecule has 1 aliphatic heterocycles. The predicted molar refractivity (Wildman–Crippen MR) is 92.8 cm³/mol. The molecule has 3 rings (SSSR count). The van der Waals surface area contributed by atoms with Crippen LogP contribution in [0, 0.1) is 0 Å². The van der Waals surface area contributed by atoms with Crippen molar-refractivity contribution in [3.05, 3.63) is 35.8 Å². The van der Waals surface area contributed by atoms with Crippen molar-refractivity contribution < 1.29 is 4.42 Å². The standard InChI is InChI=1S/C17H26N6O/c1-2-18-17(20-13-14-7-6-12-24-14)19-10-9-16-22-21-15-8-4-3-5-11-23(15)16/h6-7,12H,2-5,8-11,13H2,1H3,(H2,18,19,20). The van der Waals surface area contributed by atoms with Crippen LogP contribution in [0.15, 0.2) is 27.8 Å². The first-order chi connectivity index (χ1) is 11.9. The van der Waals surface area contributed by atoms with Crippen molar-refractivity contribution in [3.63, 3.8) is 0 Å². The summed E-state index contributed by atoms with van der Waals surface area (Å²) in [7, 11) is 0. The molecule has 0 spiro atoms. The first-order valence-electron chi connectivity index (χ1n) is 8.82. The third-order valence-electron chi connectivity index (χ3n) is 4.14. The normalized spacial score (nSPS) is 15.0. The second-order valence-corrected chi connectivity index (χ2v) is 5.95. The molecular formula is C17H26N6O. The second-order valence-electron chi connectivity index (χ2n) is 5.95. The van der Waals surface area contributed by atoms with Crippen LogP contribution in [0.2, 0.25) is 0 Å². The average molecular weight is 330 g/mol. The number of aryl methyl sites for hydroxylation is 1. The van der Waals surface area contributed by atoms with Gasteiger partial charge in [0.25, 0.3) is 0 Å². The van der Waals surface area contributed by atoms with E-state index < -0.39 is 0 Å². The fraction of sp³-hybridized carbons (Fsp3) is 0.588. The summed E-state index contributed by atoms with van der Waals surface area (Å²) in [5, 5.41) is 15.3. The Bertz CT molecular complexity index is 646. The predicted octanol–water partition coefficient (Wildman–Crippen LogP) is 1.90. The van der Waals surface area contributed by atoms with Gasteiger partial charge in [0, 0.05) is 32.5 Å². The Kier molecular flexibility index (Phi) is 5.87. The molecule has 7 nitrogen and oxygen atoms in total. The molecule has 0 aliphatic carbocycles. The Morgan fingerprint density at radius 1 is 1.29 bits per heavy atom. The van der Waals surface area contributed by atoms with Crippen LogP contribution in [0.5, 0.6) is 0 Å². The quantitative estimate of drug-likeness (QED) is 0.624. The number of fused-ring (bicyclic) bond motifs is 1. The molecule has 2 aromatic heterocycles. The first-order valence-corrected chi connectivity index (χ1v) is 8.82. The molecular weight excluding hydrogens is 304 g/mol. The van der Waals surface area contributed by atoms with Crippen LogP contribution in [0.3, 0.4) is 0 Å². The number of furan rings is 1. The number of hydrogen-bond donors (Lipinski definition) is 2. The largest absolute Gasteiger partial charge is 0.467 e. The first kappa shape index (κ1) is 16.5. The number of rotatable bonds is 6. The van der Waals surface area contributed by atoms with Gasteiger partial charge in [-0.1, -0.05) is 6.42 Å². The van der Waals surface area contributed by atoms with E-state index in [9.17, 15) is 0 Å². The summed E-state index contributed by atoms with van der Waals surface area (Å²) >= 11 is 0. The van der Waals surface area contributed by atoms with Gasteiger partial charge in [-0.15, -0.1) is 10.2 Å². The molecule has 2 N–H and O–H groups in total. The maximum absolute atomic E-state index is 5.32. The summed E-state index contributed by atoms with van der Waals surface area (Å²) in [6, 6.07) is 3.81. The summed E-state index contributed by atoms with van der Waals surface area (Å²) in [5.74, 6) is 3.86. The zero-order valence-corrected chi connectivity index (χ0v) is 14.3. The van der Waals surface area contributed by atoms with Gasteiger partial charge >= 0.3 is 0 Å². The van der Waals surface area contributed by atoms with Gasteiger partial charge < -0.3 is 19.6 Å². The van der Waals surface area contributed by atoms with Gasteiger partial charge in [0.1, 0.15) is 24.0 Å². The third kappa shape index (κ3) is 4.37. The van der Waals surface area contributed by atoms with Crippen molar-refractivity contribution in [2.75, 3.05) is 13.1 Å². The molecule has 0 unspecified atom stereocenters. The molecule has 24 heavy (non-hydrogen) atoms. The van der Waals surface area contributed by atoms with Crippen molar-refractivity contribution in [2.24, 2.45) is 4.99 Å². The van der Waals surface area contributed by atoms with Gasteiger partial charge in [-0.2, -0.15) is 0 Å². The molecule has 0 bridgehead atoms. The molecule has 1 aliphatic rings. The van der Waals surface area contributed by atoms with Crippen molar-refractivity contribution >= 4 is 5.96 Å². The molecule has 0 saturated carbocycles. The average Bonchev–Trinajstić information content (AvgIpc) is 3.18. The van der Waals surface area contributed by atoms with Crippen molar-refractivity contribution in [1.29, 1.82) is 0 Å². The highest BCUT2D eigenvalue weighted by atomic mass is 16.3. The lowest BCUT2D eigenvalue weighted by atomic mass is 10.2. The highest BCUT2D eigenvalue weighted by molar-refractivity contribution is 5.79. The van der Waals surface area contributed by atoms with Crippen LogP contribution in [0.1, 0.15) is 43.6 Å². The Morgan fingerprint density at radius 2 is 2.25 bits per heavy atom. The SMILES string of the molecule is CCNC(=NCc1ccco1)NCCc1nnc2n1CCCCC2. The van der Waals surface area contributed by atoms with E-state index in [4.69, 9.17) is 4.42 Å². The number of aromatic nitrogens is 3. The molecule has 0 saturated heterocycles. The van der Waals surface area contributed by atoms with E-state index in [0.717, 1.165) is 55.8 Å². The topological polar surface area (TPSA) is 80.3 Å². The number of guanidine groups is 1. The molecule has 0 amide bonds. The molecule has 0 radical (unpaired) electrons. The minimum absolute atomic E-state index is 0.530. The lowest BCUT2D eigenvalue weighted by Gasteiger charge is -2.11. The van der Waals surface area contributed by atoms with Crippen molar-refractivity contribution in [1.82, 2.24) is 25.4 Å². The highest BCUT2D eigenvalue weighted by Crippen LogP contribution is 2.14. The summed E-state index contributed by atoms with van der Waals surface area (Å²) in [6.07, 6.45) is 7.29. The number of nitrogens with one attached hydrogen (secondary N) is 2. The van der Waals surface area contributed by atoms with Crippen LogP contribution < -0.4 is 10.6 Å². The summed E-state index contributed by atoms with van der Waals surface area (Å²) < 4.78 is 7.61. The van der Waals surface area contributed by atoms with E-state index in [1.807, 2.05) is 12.1 Å². The monoisotopic (exact) mass is 330 g/mol. The Hall–Kier alpha value is -2.31. The zero-order valence-electron chi connectivity index (χ0n) is 14.3. The number of aliphatic imine (C=N–C) groups is 1. The van der Waals surface area contributed by atoms with Crippen LogP contribution in [-0.4, -0.2) is 33.8 Å². The van der Waals surface area contributed by atoms with E-state index in [1.54, 1.807) is 6.26 Å². The fourth-order valence-electron chi connectivity index (χ4n) is 2.92. The van der Waals surface area contributed by atoms with Crippen LogP contribution in [0.4, 0.5) is 0 Å². The van der Waals surface area contributed by atoms with E-state index >= 15 is 0 Å². The fourth-order valence-corrected chi connectivity index (χ4v) is 2.92. The maximum atomic E-state index is 5.32. The minimum atomic E-state index is 0.530. The van der Waals surface area contributed by atoms with E-state index in [2.05, 4.69) is 37.3 Å². The van der Waals surface area contributed by atoms with Gasteiger partial charge in [0.2, 0.25) is 0 Å². The molecule has 2 aromatic rings. The molecule has 0 aromatic carbocycles. The molecule has 130 valence electrons. The van der Waals surface area contributed by atoms with Gasteiger partial charge in [-0.3, -0.25) is 0 Å². The van der Waals surface area contributed by atoms with Crippen LogP contribution in [-0.2, 0) is 25.9 Å². The van der Waals surface area contributed by atoms with Crippen molar-refractivity contribution in [3.8, 4) is 0 Å². The lowest BCUT2D eigenvalue weighted by Crippen LogP contribution is -2.38. The van der Waals surface area contributed by atoms with Gasteiger partial charge in [0.05, 0.1) is 6.26 Å². The van der Waals surface area contributed by atoms with Gasteiger partial charge in [-0.05, 0) is 31.9 Å². The second kappa shape index (κ2) is 8.52. The molecule has 7 heteroatoms. The van der Waals surface area contributed by atoms with E-state index in [1.165, 1.54) is 19.3 Å². The highest BCUT2D eigenvalue weighted by Gasteiger charge is 2.14. The van der Waals surface area contributed by atoms with Gasteiger partial charge in [0.15, 0.2) is 5.96 Å². The zero-order chi connectivity index (χ0) is 16.6. The summed E-state index contributed by atoms with van der Waals surface area (Å²) in [5.41, 5.74) is 0. The van der Waals surface area contributed by atoms with Gasteiger partial charge in [-0.25, -0.2) is 4.99 Å². The van der Waals surface area contributed by atoms with Crippen molar-refractivity contribution in [2.45, 2.75) is 52.1 Å². The summed E-state index contributed by atoms with van der Waals surface area (Å²) in [4.78, 5) is 4.54. The Labute approximate surface area is 142 Å². The number of hydrogen-bond acceptors (Lipinski definition) is 4. The maximum Gasteiger partial charge on any atom is 0.191 e. The molecule has 3 heterocycles. The number of nitrogens with zero attached hydrogens (tertiary/aromatic N) is 4. The van der Waals surface area contributed by atoms with Crippen LogP contribution >= 0.6 is 0 Å². The molecule has 0 fully saturated rings. The van der Waals surface area contributed by atoms with Crippen LogP contribution in [0.25, 0.3) is 0 Å². The summed E-state index contributed by atoms with van der Waals surface area (Å²) in [6.45, 7) is 5.24. The molecule has 0 atom stereocenters. The van der Waals surface area contributed by atoms with E-state index in [-0.39, 0.29) is 0 Å². The smallest absolute Gasteiger partial charge is 0.191 e. The lowest BCUT2D eigenvalue weighted by molar-refractivity contribution is 0.512.